The third-order valence-corrected chi connectivity index (χ3v) is 2.22. The third-order valence-electron chi connectivity index (χ3n) is 2.22. The van der Waals surface area contributed by atoms with Gasteiger partial charge in [0, 0.05) is 10.8 Å². The molecule has 0 radical (unpaired) electrons. The molecule has 2 aromatic carbocycles. The van der Waals surface area contributed by atoms with Gasteiger partial charge in [0.2, 0.25) is 0 Å². The lowest BCUT2D eigenvalue weighted by Gasteiger charge is -2.08. The zero-order chi connectivity index (χ0) is 10.1. The van der Waals surface area contributed by atoms with Crippen LogP contribution in [-0.2, 0) is 0 Å². The molecule has 0 spiro atoms. The number of phenolic OH excluding ortho intramolecular Hbond substituents is 1. The molecule has 0 fully saturated rings. The first kappa shape index (κ1) is 8.69. The molecule has 0 unspecified atom stereocenters. The highest BCUT2D eigenvalue weighted by Crippen LogP contribution is 2.35. The minimum atomic E-state index is 0.237. The smallest absolute Gasteiger partial charge is 0.149 e. The number of ether oxygens (including phenoxy) is 1. The van der Waals surface area contributed by atoms with Crippen molar-refractivity contribution in [1.29, 1.82) is 0 Å². The van der Waals surface area contributed by atoms with Crippen LogP contribution in [0.3, 0.4) is 0 Å². The SMILES string of the molecule is COc1c(N)ccc2c(O)cccc12. The molecule has 0 amide bonds. The summed E-state index contributed by atoms with van der Waals surface area (Å²) in [4.78, 5) is 0. The molecule has 0 saturated heterocycles. The Hall–Kier alpha value is -1.90. The molecule has 3 nitrogen and oxygen atoms in total. The molecule has 0 aromatic heterocycles. The lowest BCUT2D eigenvalue weighted by molar-refractivity contribution is 0.421. The van der Waals surface area contributed by atoms with E-state index >= 15 is 0 Å². The molecule has 0 aliphatic heterocycles. The largest absolute Gasteiger partial charge is 0.507 e. The predicted octanol–water partition coefficient (Wildman–Crippen LogP) is 2.14. The van der Waals surface area contributed by atoms with Gasteiger partial charge in [0.25, 0.3) is 0 Å². The summed E-state index contributed by atoms with van der Waals surface area (Å²) in [6, 6.07) is 8.77. The molecular weight excluding hydrogens is 178 g/mol. The molecular formula is C11H11NO2. The van der Waals surface area contributed by atoms with Gasteiger partial charge >= 0.3 is 0 Å². The van der Waals surface area contributed by atoms with Crippen LogP contribution in [0.1, 0.15) is 0 Å². The van der Waals surface area contributed by atoms with E-state index < -0.39 is 0 Å². The van der Waals surface area contributed by atoms with E-state index in [4.69, 9.17) is 10.5 Å². The summed E-state index contributed by atoms with van der Waals surface area (Å²) < 4.78 is 5.18. The molecule has 0 heterocycles. The Morgan fingerprint density at radius 2 is 1.93 bits per heavy atom. The number of hydrogen-bond acceptors (Lipinski definition) is 3. The van der Waals surface area contributed by atoms with Crippen LogP contribution in [-0.4, -0.2) is 12.2 Å². The summed E-state index contributed by atoms with van der Waals surface area (Å²) in [6.07, 6.45) is 0. The van der Waals surface area contributed by atoms with Gasteiger partial charge in [0.15, 0.2) is 0 Å². The van der Waals surface area contributed by atoms with Gasteiger partial charge in [-0.3, -0.25) is 0 Å². The van der Waals surface area contributed by atoms with E-state index in [-0.39, 0.29) is 5.75 Å². The van der Waals surface area contributed by atoms with E-state index in [9.17, 15) is 5.11 Å². The summed E-state index contributed by atoms with van der Waals surface area (Å²) in [5.41, 5.74) is 6.32. The van der Waals surface area contributed by atoms with Crippen molar-refractivity contribution in [1.82, 2.24) is 0 Å². The Kier molecular flexibility index (Phi) is 1.93. The van der Waals surface area contributed by atoms with E-state index in [0.717, 1.165) is 10.8 Å². The van der Waals surface area contributed by atoms with Crippen LogP contribution in [0.5, 0.6) is 11.5 Å². The van der Waals surface area contributed by atoms with Crippen molar-refractivity contribution in [3.8, 4) is 11.5 Å². The maximum absolute atomic E-state index is 9.59. The molecule has 0 saturated carbocycles. The number of methoxy groups -OCH3 is 1. The van der Waals surface area contributed by atoms with E-state index in [2.05, 4.69) is 0 Å². The van der Waals surface area contributed by atoms with Crippen LogP contribution in [0.4, 0.5) is 5.69 Å². The third kappa shape index (κ3) is 1.14. The van der Waals surface area contributed by atoms with Gasteiger partial charge in [0.1, 0.15) is 11.5 Å². The molecule has 3 heteroatoms. The molecule has 3 N–H and O–H groups in total. The van der Waals surface area contributed by atoms with Crippen molar-refractivity contribution in [2.45, 2.75) is 0 Å². The fourth-order valence-corrected chi connectivity index (χ4v) is 1.56. The van der Waals surface area contributed by atoms with Crippen LogP contribution < -0.4 is 10.5 Å². The minimum Gasteiger partial charge on any atom is -0.507 e. The van der Waals surface area contributed by atoms with Gasteiger partial charge in [-0.2, -0.15) is 0 Å². The van der Waals surface area contributed by atoms with Crippen LogP contribution >= 0.6 is 0 Å². The summed E-state index contributed by atoms with van der Waals surface area (Å²) >= 11 is 0. The zero-order valence-electron chi connectivity index (χ0n) is 7.82. The first-order valence-corrected chi connectivity index (χ1v) is 4.28. The summed E-state index contributed by atoms with van der Waals surface area (Å²) in [5.74, 6) is 0.846. The summed E-state index contributed by atoms with van der Waals surface area (Å²) in [6.45, 7) is 0. The zero-order valence-corrected chi connectivity index (χ0v) is 7.82. The molecule has 2 aromatic rings. The molecule has 72 valence electrons. The molecule has 0 aliphatic rings. The van der Waals surface area contributed by atoms with Gasteiger partial charge in [-0.15, -0.1) is 0 Å². The molecule has 0 bridgehead atoms. The molecule has 0 aliphatic carbocycles. The van der Waals surface area contributed by atoms with Gasteiger partial charge in [-0.1, -0.05) is 12.1 Å². The predicted molar refractivity (Wildman–Crippen MR) is 56.6 cm³/mol. The fourth-order valence-electron chi connectivity index (χ4n) is 1.56. The van der Waals surface area contributed by atoms with E-state index in [1.807, 2.05) is 6.07 Å². The number of phenols is 1. The number of nitrogen functional groups attached to an aromatic ring is 1. The number of nitrogens with two attached hydrogens (primary N) is 1. The maximum Gasteiger partial charge on any atom is 0.149 e. The average molecular weight is 189 g/mol. The van der Waals surface area contributed by atoms with Crippen LogP contribution in [0.25, 0.3) is 10.8 Å². The molecule has 0 atom stereocenters. The van der Waals surface area contributed by atoms with Crippen molar-refractivity contribution >= 4 is 16.5 Å². The van der Waals surface area contributed by atoms with Crippen LogP contribution in [0.15, 0.2) is 30.3 Å². The maximum atomic E-state index is 9.59. The van der Waals surface area contributed by atoms with Crippen molar-refractivity contribution in [3.63, 3.8) is 0 Å². The highest BCUT2D eigenvalue weighted by molar-refractivity contribution is 5.96. The lowest BCUT2D eigenvalue weighted by Crippen LogP contribution is -1.92. The van der Waals surface area contributed by atoms with Gasteiger partial charge in [-0.05, 0) is 18.2 Å². The Balaban J connectivity index is 2.88. The second-order valence-corrected chi connectivity index (χ2v) is 3.06. The van der Waals surface area contributed by atoms with Gasteiger partial charge < -0.3 is 15.6 Å². The van der Waals surface area contributed by atoms with Crippen molar-refractivity contribution in [2.24, 2.45) is 0 Å². The number of anilines is 1. The monoisotopic (exact) mass is 189 g/mol. The van der Waals surface area contributed by atoms with E-state index in [0.29, 0.717) is 11.4 Å². The number of hydrogen-bond donors (Lipinski definition) is 2. The number of fused-ring (bicyclic) bond motifs is 1. The Morgan fingerprint density at radius 3 is 2.64 bits per heavy atom. The Labute approximate surface area is 81.7 Å². The van der Waals surface area contributed by atoms with Crippen molar-refractivity contribution in [3.05, 3.63) is 30.3 Å². The van der Waals surface area contributed by atoms with E-state index in [1.54, 1.807) is 31.4 Å². The summed E-state index contributed by atoms with van der Waals surface area (Å²) in [5, 5.41) is 11.2. The fraction of sp³-hybridized carbons (Fsp3) is 0.0909. The van der Waals surface area contributed by atoms with E-state index in [1.165, 1.54) is 0 Å². The second-order valence-electron chi connectivity index (χ2n) is 3.06. The van der Waals surface area contributed by atoms with Crippen LogP contribution in [0, 0.1) is 0 Å². The number of benzene rings is 2. The minimum absolute atomic E-state index is 0.237. The Bertz CT molecular complexity index is 480. The van der Waals surface area contributed by atoms with Crippen molar-refractivity contribution in [2.75, 3.05) is 12.8 Å². The Morgan fingerprint density at radius 1 is 1.14 bits per heavy atom. The lowest BCUT2D eigenvalue weighted by atomic mass is 10.1. The van der Waals surface area contributed by atoms with Gasteiger partial charge in [-0.25, -0.2) is 0 Å². The second kappa shape index (κ2) is 3.10. The van der Waals surface area contributed by atoms with Gasteiger partial charge in [0.05, 0.1) is 12.8 Å². The number of rotatable bonds is 1. The first-order chi connectivity index (χ1) is 6.74. The highest BCUT2D eigenvalue weighted by Gasteiger charge is 2.07. The standard InChI is InChI=1S/C11H11NO2/c1-14-11-8-3-2-4-10(13)7(8)5-6-9(11)12/h2-6,13H,12H2,1H3. The topological polar surface area (TPSA) is 55.5 Å². The first-order valence-electron chi connectivity index (χ1n) is 4.28. The summed E-state index contributed by atoms with van der Waals surface area (Å²) in [7, 11) is 1.56. The quantitative estimate of drug-likeness (QED) is 0.676. The van der Waals surface area contributed by atoms with Crippen LogP contribution in [0.2, 0.25) is 0 Å². The molecule has 2 rings (SSSR count). The molecule has 14 heavy (non-hydrogen) atoms. The normalized spacial score (nSPS) is 10.4. The average Bonchev–Trinajstić information content (AvgIpc) is 2.18. The van der Waals surface area contributed by atoms with Crippen molar-refractivity contribution < 1.29 is 9.84 Å². The number of aromatic hydroxyl groups is 1. The highest BCUT2D eigenvalue weighted by atomic mass is 16.5.